The number of hydrogen-bond acceptors (Lipinski definition) is 1. The van der Waals surface area contributed by atoms with E-state index >= 15 is 0 Å². The maximum atomic E-state index is 11.1. The highest BCUT2D eigenvalue weighted by Crippen LogP contribution is 2.18. The zero-order valence-corrected chi connectivity index (χ0v) is 8.15. The minimum atomic E-state index is 0.216. The van der Waals surface area contributed by atoms with Gasteiger partial charge in [-0.25, -0.2) is 0 Å². The minimum Gasteiger partial charge on any atom is -0.294 e. The van der Waals surface area contributed by atoms with Gasteiger partial charge >= 0.3 is 0 Å². The van der Waals surface area contributed by atoms with Crippen LogP contribution in [0.2, 0.25) is 0 Å². The summed E-state index contributed by atoms with van der Waals surface area (Å²) in [6, 6.07) is 0. The Labute approximate surface area is 75.3 Å². The molecule has 0 radical (unpaired) electrons. The van der Waals surface area contributed by atoms with E-state index in [1.807, 2.05) is 12.2 Å². The summed E-state index contributed by atoms with van der Waals surface area (Å²) in [5, 5.41) is 0.450. The molecular formula is C9H11BrO. The van der Waals surface area contributed by atoms with Gasteiger partial charge in [0.15, 0.2) is 5.78 Å². The van der Waals surface area contributed by atoms with E-state index in [2.05, 4.69) is 22.9 Å². The predicted molar refractivity (Wildman–Crippen MR) is 49.9 cm³/mol. The lowest BCUT2D eigenvalue weighted by molar-refractivity contribution is -0.113. The summed E-state index contributed by atoms with van der Waals surface area (Å²) in [4.78, 5) is 11.1. The second-order valence-electron chi connectivity index (χ2n) is 2.76. The van der Waals surface area contributed by atoms with Crippen molar-refractivity contribution in [1.82, 2.24) is 0 Å². The molecular weight excluding hydrogens is 204 g/mol. The van der Waals surface area contributed by atoms with Crippen molar-refractivity contribution in [2.75, 3.05) is 5.33 Å². The number of hydrogen-bond donors (Lipinski definition) is 0. The van der Waals surface area contributed by atoms with Crippen LogP contribution in [0.3, 0.4) is 0 Å². The van der Waals surface area contributed by atoms with Crippen LogP contribution in [-0.2, 0) is 4.79 Å². The second kappa shape index (κ2) is 3.86. The van der Waals surface area contributed by atoms with Gasteiger partial charge in [-0.15, -0.1) is 0 Å². The van der Waals surface area contributed by atoms with Crippen molar-refractivity contribution in [3.05, 3.63) is 23.3 Å². The molecule has 11 heavy (non-hydrogen) atoms. The van der Waals surface area contributed by atoms with Gasteiger partial charge in [-0.3, -0.25) is 4.79 Å². The van der Waals surface area contributed by atoms with Crippen LogP contribution in [0.15, 0.2) is 23.3 Å². The van der Waals surface area contributed by atoms with Crippen molar-refractivity contribution in [3.8, 4) is 0 Å². The van der Waals surface area contributed by atoms with E-state index in [-0.39, 0.29) is 5.78 Å². The standard InChI is InChI=1S/C9H11BrO/c1-7-2-4-8(5-3-7)9(11)6-10/h2,4H,3,5-6H2,1H3. The number of halogens is 1. The first-order chi connectivity index (χ1) is 5.24. The maximum absolute atomic E-state index is 11.1. The number of Topliss-reactive ketones (excluding diaryl/α,β-unsaturated/α-hetero) is 1. The topological polar surface area (TPSA) is 17.1 Å². The van der Waals surface area contributed by atoms with Crippen LogP contribution in [-0.4, -0.2) is 11.1 Å². The molecule has 0 heterocycles. The van der Waals surface area contributed by atoms with Gasteiger partial charge in [-0.1, -0.05) is 33.7 Å². The van der Waals surface area contributed by atoms with E-state index < -0.39 is 0 Å². The monoisotopic (exact) mass is 214 g/mol. The van der Waals surface area contributed by atoms with Gasteiger partial charge in [0.2, 0.25) is 0 Å². The van der Waals surface area contributed by atoms with Crippen molar-refractivity contribution in [1.29, 1.82) is 0 Å². The molecule has 0 spiro atoms. The number of carbonyl (C=O) groups excluding carboxylic acids is 1. The van der Waals surface area contributed by atoms with Gasteiger partial charge in [0.1, 0.15) is 0 Å². The summed E-state index contributed by atoms with van der Waals surface area (Å²) in [6.45, 7) is 2.09. The molecule has 0 atom stereocenters. The Morgan fingerprint density at radius 2 is 2.27 bits per heavy atom. The molecule has 0 aromatic heterocycles. The van der Waals surface area contributed by atoms with Crippen molar-refractivity contribution in [3.63, 3.8) is 0 Å². The third-order valence-corrected chi connectivity index (χ3v) is 2.35. The molecule has 1 rings (SSSR count). The molecule has 0 saturated carbocycles. The molecule has 0 fully saturated rings. The highest BCUT2D eigenvalue weighted by molar-refractivity contribution is 9.09. The van der Waals surface area contributed by atoms with E-state index in [9.17, 15) is 4.79 Å². The average molecular weight is 215 g/mol. The van der Waals surface area contributed by atoms with Crippen LogP contribution in [0.25, 0.3) is 0 Å². The number of ketones is 1. The molecule has 60 valence electrons. The summed E-state index contributed by atoms with van der Waals surface area (Å²) in [6.07, 6.45) is 5.90. The third-order valence-electron chi connectivity index (χ3n) is 1.84. The van der Waals surface area contributed by atoms with Crippen LogP contribution in [0.1, 0.15) is 19.8 Å². The summed E-state index contributed by atoms with van der Waals surface area (Å²) >= 11 is 3.15. The molecule has 1 aliphatic carbocycles. The second-order valence-corrected chi connectivity index (χ2v) is 3.32. The van der Waals surface area contributed by atoms with Gasteiger partial charge in [0.05, 0.1) is 5.33 Å². The van der Waals surface area contributed by atoms with Gasteiger partial charge in [0, 0.05) is 0 Å². The lowest BCUT2D eigenvalue weighted by Crippen LogP contribution is -2.05. The molecule has 0 aromatic carbocycles. The Bertz CT molecular complexity index is 226. The molecule has 1 nitrogen and oxygen atoms in total. The van der Waals surface area contributed by atoms with Crippen molar-refractivity contribution >= 4 is 21.7 Å². The van der Waals surface area contributed by atoms with Crippen LogP contribution >= 0.6 is 15.9 Å². The molecule has 0 N–H and O–H groups in total. The Kier molecular flexibility index (Phi) is 3.06. The van der Waals surface area contributed by atoms with Gasteiger partial charge < -0.3 is 0 Å². The summed E-state index contributed by atoms with van der Waals surface area (Å²) in [5.41, 5.74) is 2.31. The Balaban J connectivity index is 2.68. The maximum Gasteiger partial charge on any atom is 0.169 e. The summed E-state index contributed by atoms with van der Waals surface area (Å²) in [7, 11) is 0. The first kappa shape index (κ1) is 8.72. The van der Waals surface area contributed by atoms with E-state index in [1.54, 1.807) is 0 Å². The van der Waals surface area contributed by atoms with E-state index in [0.717, 1.165) is 18.4 Å². The zero-order valence-electron chi connectivity index (χ0n) is 6.56. The first-order valence-corrected chi connectivity index (χ1v) is 4.81. The Morgan fingerprint density at radius 3 is 2.73 bits per heavy atom. The zero-order chi connectivity index (χ0) is 8.27. The van der Waals surface area contributed by atoms with Gasteiger partial charge in [-0.05, 0) is 25.3 Å². The molecule has 0 aromatic rings. The van der Waals surface area contributed by atoms with E-state index in [4.69, 9.17) is 0 Å². The van der Waals surface area contributed by atoms with Crippen LogP contribution in [0.5, 0.6) is 0 Å². The Morgan fingerprint density at radius 1 is 1.55 bits per heavy atom. The largest absolute Gasteiger partial charge is 0.294 e. The highest BCUT2D eigenvalue weighted by Gasteiger charge is 2.09. The van der Waals surface area contributed by atoms with Crippen LogP contribution < -0.4 is 0 Å². The summed E-state index contributed by atoms with van der Waals surface area (Å²) < 4.78 is 0. The fraction of sp³-hybridized carbons (Fsp3) is 0.444. The molecule has 0 aliphatic heterocycles. The minimum absolute atomic E-state index is 0.216. The normalized spacial score (nSPS) is 17.3. The molecule has 0 amide bonds. The summed E-state index contributed by atoms with van der Waals surface area (Å²) in [5.74, 6) is 0.216. The fourth-order valence-electron chi connectivity index (χ4n) is 1.06. The number of alkyl halides is 1. The van der Waals surface area contributed by atoms with Crippen LogP contribution in [0.4, 0.5) is 0 Å². The van der Waals surface area contributed by atoms with Crippen molar-refractivity contribution < 1.29 is 4.79 Å². The molecule has 1 aliphatic rings. The predicted octanol–water partition coefficient (Wildman–Crippen LogP) is 2.62. The molecule has 0 bridgehead atoms. The van der Waals surface area contributed by atoms with Gasteiger partial charge in [-0.2, -0.15) is 0 Å². The lowest BCUT2D eigenvalue weighted by atomic mass is 9.97. The SMILES string of the molecule is CC1=CC=C(C(=O)CBr)CC1. The molecule has 2 heteroatoms. The molecule has 0 saturated heterocycles. The van der Waals surface area contributed by atoms with Crippen molar-refractivity contribution in [2.24, 2.45) is 0 Å². The number of rotatable bonds is 2. The van der Waals surface area contributed by atoms with E-state index in [1.165, 1.54) is 5.57 Å². The lowest BCUT2D eigenvalue weighted by Gasteiger charge is -2.08. The van der Waals surface area contributed by atoms with E-state index in [0.29, 0.717) is 5.33 Å². The van der Waals surface area contributed by atoms with Crippen LogP contribution in [0, 0.1) is 0 Å². The fourth-order valence-corrected chi connectivity index (χ4v) is 1.42. The van der Waals surface area contributed by atoms with Crippen molar-refractivity contribution in [2.45, 2.75) is 19.8 Å². The average Bonchev–Trinajstić information content (AvgIpc) is 2.05. The highest BCUT2D eigenvalue weighted by atomic mass is 79.9. The quantitative estimate of drug-likeness (QED) is 0.647. The smallest absolute Gasteiger partial charge is 0.169 e. The number of carbonyl (C=O) groups is 1. The van der Waals surface area contributed by atoms with Gasteiger partial charge in [0.25, 0.3) is 0 Å². The first-order valence-electron chi connectivity index (χ1n) is 3.69. The molecule has 0 unspecified atom stereocenters. The third kappa shape index (κ3) is 2.29. The Hall–Kier alpha value is -0.370. The number of allylic oxidation sites excluding steroid dienone is 4.